The summed E-state index contributed by atoms with van der Waals surface area (Å²) in [5.74, 6) is 0. The van der Waals surface area contributed by atoms with E-state index >= 15 is 0 Å². The van der Waals surface area contributed by atoms with E-state index in [-0.39, 0.29) is 0 Å². The zero-order valence-corrected chi connectivity index (χ0v) is 11.3. The quantitative estimate of drug-likeness (QED) is 0.772. The number of imidazole rings is 2. The number of hydrogen-bond acceptors (Lipinski definition) is 4. The van der Waals surface area contributed by atoms with Crippen LogP contribution in [0, 0.1) is 0 Å². The lowest BCUT2D eigenvalue weighted by Gasteiger charge is -1.98. The Morgan fingerprint density at radius 2 is 2.26 bits per heavy atom. The number of thiazole rings is 1. The molecule has 1 aliphatic rings. The van der Waals surface area contributed by atoms with Crippen molar-refractivity contribution in [2.24, 2.45) is 0 Å². The van der Waals surface area contributed by atoms with Crippen LogP contribution in [-0.2, 0) is 13.1 Å². The first-order valence-electron chi connectivity index (χ1n) is 6.52. The van der Waals surface area contributed by atoms with E-state index in [1.54, 1.807) is 11.3 Å². The minimum absolute atomic E-state index is 0.727. The third-order valence-electron chi connectivity index (χ3n) is 3.32. The average Bonchev–Trinajstić information content (AvgIpc) is 2.79. The molecule has 5 nitrogen and oxygen atoms in total. The first-order chi connectivity index (χ1) is 9.37. The van der Waals surface area contributed by atoms with Crippen LogP contribution in [0.4, 0.5) is 0 Å². The van der Waals surface area contributed by atoms with Gasteiger partial charge in [-0.15, -0.1) is 11.3 Å². The van der Waals surface area contributed by atoms with Crippen molar-refractivity contribution in [3.63, 3.8) is 0 Å². The summed E-state index contributed by atoms with van der Waals surface area (Å²) in [7, 11) is 0. The number of aromatic nitrogens is 4. The molecule has 3 heterocycles. The Bertz CT molecular complexity index is 662. The van der Waals surface area contributed by atoms with Gasteiger partial charge in [0.2, 0.25) is 0 Å². The molecule has 0 amide bonds. The topological polar surface area (TPSA) is 47.1 Å². The van der Waals surface area contributed by atoms with Gasteiger partial charge in [0.15, 0.2) is 4.96 Å². The van der Waals surface area contributed by atoms with E-state index in [0.717, 1.165) is 35.5 Å². The predicted molar refractivity (Wildman–Crippen MR) is 74.3 cm³/mol. The van der Waals surface area contributed by atoms with Crippen LogP contribution >= 0.6 is 11.3 Å². The van der Waals surface area contributed by atoms with Crippen LogP contribution in [0.5, 0.6) is 0 Å². The predicted octanol–water partition coefficient (Wildman–Crippen LogP) is 1.89. The Morgan fingerprint density at radius 3 is 3.11 bits per heavy atom. The second kappa shape index (κ2) is 4.47. The van der Waals surface area contributed by atoms with Crippen LogP contribution in [0.2, 0.25) is 0 Å². The fourth-order valence-corrected chi connectivity index (χ4v) is 2.88. The zero-order chi connectivity index (χ0) is 12.7. The van der Waals surface area contributed by atoms with Gasteiger partial charge in [0, 0.05) is 36.6 Å². The molecule has 3 aromatic rings. The lowest BCUT2D eigenvalue weighted by atomic mass is 10.4. The molecule has 98 valence electrons. The summed E-state index contributed by atoms with van der Waals surface area (Å²) in [6, 6.07) is 0.727. The molecule has 1 N–H and O–H groups in total. The summed E-state index contributed by atoms with van der Waals surface area (Å²) < 4.78 is 4.16. The second-order valence-corrected chi connectivity index (χ2v) is 5.89. The molecule has 3 aromatic heterocycles. The molecule has 1 fully saturated rings. The summed E-state index contributed by atoms with van der Waals surface area (Å²) in [6.07, 6.45) is 10.7. The SMILES string of the molecule is c1cn2cc(Cn3cnc(CNC4CC4)c3)nc2s1. The van der Waals surface area contributed by atoms with Gasteiger partial charge in [-0.3, -0.25) is 4.40 Å². The third-order valence-corrected chi connectivity index (χ3v) is 4.09. The zero-order valence-electron chi connectivity index (χ0n) is 10.5. The van der Waals surface area contributed by atoms with Gasteiger partial charge in [-0.1, -0.05) is 0 Å². The van der Waals surface area contributed by atoms with Crippen molar-refractivity contribution in [3.05, 3.63) is 41.7 Å². The smallest absolute Gasteiger partial charge is 0.193 e. The van der Waals surface area contributed by atoms with E-state index in [0.29, 0.717) is 0 Å². The maximum absolute atomic E-state index is 4.58. The molecule has 0 spiro atoms. The van der Waals surface area contributed by atoms with Crippen LogP contribution in [-0.4, -0.2) is 25.0 Å². The third kappa shape index (κ3) is 2.41. The largest absolute Gasteiger partial charge is 0.331 e. The van der Waals surface area contributed by atoms with Gasteiger partial charge in [0.05, 0.1) is 24.3 Å². The summed E-state index contributed by atoms with van der Waals surface area (Å²) in [5.41, 5.74) is 2.18. The van der Waals surface area contributed by atoms with Crippen molar-refractivity contribution < 1.29 is 0 Å². The molecular formula is C13H15N5S. The first kappa shape index (κ1) is 11.2. The molecule has 19 heavy (non-hydrogen) atoms. The Hall–Kier alpha value is -1.66. The Morgan fingerprint density at radius 1 is 1.32 bits per heavy atom. The summed E-state index contributed by atoms with van der Waals surface area (Å²) >= 11 is 1.66. The van der Waals surface area contributed by atoms with Crippen LogP contribution in [0.3, 0.4) is 0 Å². The highest BCUT2D eigenvalue weighted by molar-refractivity contribution is 7.15. The van der Waals surface area contributed by atoms with Crippen LogP contribution in [0.25, 0.3) is 4.96 Å². The van der Waals surface area contributed by atoms with Crippen molar-refractivity contribution >= 4 is 16.3 Å². The van der Waals surface area contributed by atoms with Gasteiger partial charge in [-0.2, -0.15) is 0 Å². The van der Waals surface area contributed by atoms with Gasteiger partial charge in [-0.25, -0.2) is 9.97 Å². The number of nitrogens with zero attached hydrogens (tertiary/aromatic N) is 4. The minimum atomic E-state index is 0.727. The fraction of sp³-hybridized carbons (Fsp3) is 0.385. The van der Waals surface area contributed by atoms with E-state index in [2.05, 4.69) is 36.6 Å². The molecule has 0 atom stereocenters. The van der Waals surface area contributed by atoms with Crippen molar-refractivity contribution in [1.82, 2.24) is 24.3 Å². The Labute approximate surface area is 114 Å². The number of rotatable bonds is 5. The maximum atomic E-state index is 4.58. The van der Waals surface area contributed by atoms with Crippen LogP contribution in [0.1, 0.15) is 24.2 Å². The molecular weight excluding hydrogens is 258 g/mol. The van der Waals surface area contributed by atoms with Gasteiger partial charge < -0.3 is 9.88 Å². The van der Waals surface area contributed by atoms with E-state index in [4.69, 9.17) is 0 Å². The van der Waals surface area contributed by atoms with E-state index in [1.165, 1.54) is 12.8 Å². The summed E-state index contributed by atoms with van der Waals surface area (Å²) in [6.45, 7) is 1.65. The normalized spacial score (nSPS) is 15.4. The maximum Gasteiger partial charge on any atom is 0.193 e. The minimum Gasteiger partial charge on any atom is -0.331 e. The van der Waals surface area contributed by atoms with Crippen LogP contribution in [0.15, 0.2) is 30.3 Å². The monoisotopic (exact) mass is 273 g/mol. The van der Waals surface area contributed by atoms with Crippen LogP contribution < -0.4 is 5.32 Å². The lowest BCUT2D eigenvalue weighted by Crippen LogP contribution is -2.15. The molecule has 6 heteroatoms. The summed E-state index contributed by atoms with van der Waals surface area (Å²) in [4.78, 5) is 10.0. The standard InChI is InChI=1S/C13H15N5S/c1-2-10(1)14-5-11-6-17(9-15-11)7-12-8-18-3-4-19-13(18)16-12/h3-4,6,8-10,14H,1-2,5,7H2. The molecule has 0 unspecified atom stereocenters. The first-order valence-corrected chi connectivity index (χ1v) is 7.40. The molecule has 4 rings (SSSR count). The van der Waals surface area contributed by atoms with Gasteiger partial charge in [0.1, 0.15) is 0 Å². The van der Waals surface area contributed by atoms with Crippen molar-refractivity contribution in [2.75, 3.05) is 0 Å². The lowest BCUT2D eigenvalue weighted by molar-refractivity contribution is 0.675. The average molecular weight is 273 g/mol. The Kier molecular flexibility index (Phi) is 2.63. The molecule has 1 saturated carbocycles. The van der Waals surface area contributed by atoms with Crippen molar-refractivity contribution in [1.29, 1.82) is 0 Å². The highest BCUT2D eigenvalue weighted by atomic mass is 32.1. The van der Waals surface area contributed by atoms with E-state index in [1.807, 2.05) is 17.9 Å². The second-order valence-electron chi connectivity index (χ2n) is 5.02. The molecule has 1 aliphatic carbocycles. The summed E-state index contributed by atoms with van der Waals surface area (Å²) in [5, 5.41) is 5.52. The molecule has 0 bridgehead atoms. The molecule has 0 radical (unpaired) electrons. The highest BCUT2D eigenvalue weighted by Crippen LogP contribution is 2.19. The van der Waals surface area contributed by atoms with Gasteiger partial charge in [-0.05, 0) is 12.8 Å². The van der Waals surface area contributed by atoms with E-state index < -0.39 is 0 Å². The fourth-order valence-electron chi connectivity index (χ4n) is 2.16. The van der Waals surface area contributed by atoms with Crippen molar-refractivity contribution in [3.8, 4) is 0 Å². The number of nitrogens with one attached hydrogen (secondary N) is 1. The molecule has 0 aliphatic heterocycles. The van der Waals surface area contributed by atoms with Gasteiger partial charge >= 0.3 is 0 Å². The molecule has 0 saturated heterocycles. The number of hydrogen-bond donors (Lipinski definition) is 1. The van der Waals surface area contributed by atoms with E-state index in [9.17, 15) is 0 Å². The number of fused-ring (bicyclic) bond motifs is 1. The molecule has 0 aromatic carbocycles. The Balaban J connectivity index is 1.45. The van der Waals surface area contributed by atoms with Gasteiger partial charge in [0.25, 0.3) is 0 Å². The highest BCUT2D eigenvalue weighted by Gasteiger charge is 2.20. The van der Waals surface area contributed by atoms with Crippen molar-refractivity contribution in [2.45, 2.75) is 32.0 Å².